The van der Waals surface area contributed by atoms with E-state index in [1.807, 2.05) is 91.0 Å². The van der Waals surface area contributed by atoms with Crippen LogP contribution in [0.2, 0.25) is 0 Å². The summed E-state index contributed by atoms with van der Waals surface area (Å²) in [6.45, 7) is 0. The molecule has 0 fully saturated rings. The van der Waals surface area contributed by atoms with Gasteiger partial charge < -0.3 is 15.7 Å². The predicted molar refractivity (Wildman–Crippen MR) is 160 cm³/mol. The molecule has 8 bridgehead atoms. The number of H-pyrrole nitrogens is 2. The van der Waals surface area contributed by atoms with Crippen molar-refractivity contribution in [1.29, 1.82) is 0 Å². The first-order chi connectivity index (χ1) is 20.2. The molecule has 4 aromatic carbocycles. The molecule has 192 valence electrons. The number of nitrogens with two attached hydrogens (primary N) is 1. The largest absolute Gasteiger partial charge is 0.399 e. The van der Waals surface area contributed by atoms with Gasteiger partial charge in [-0.15, -0.1) is 0 Å². The van der Waals surface area contributed by atoms with E-state index in [1.165, 1.54) is 0 Å². The van der Waals surface area contributed by atoms with Crippen molar-refractivity contribution in [2.45, 2.75) is 0 Å². The lowest BCUT2D eigenvalue weighted by Crippen LogP contribution is -1.87. The number of aromatic amines is 2. The van der Waals surface area contributed by atoms with Crippen LogP contribution in [-0.4, -0.2) is 39.9 Å². The van der Waals surface area contributed by atoms with Crippen LogP contribution in [0.15, 0.2) is 91.0 Å². The summed E-state index contributed by atoms with van der Waals surface area (Å²) in [5.74, 6) is 2.24. The molecule has 0 radical (unpaired) electrons. The fourth-order valence-corrected chi connectivity index (χ4v) is 5.66. The van der Waals surface area contributed by atoms with Crippen molar-refractivity contribution in [2.75, 3.05) is 5.73 Å². The number of benzene rings is 4. The maximum absolute atomic E-state index is 6.20. The highest BCUT2D eigenvalue weighted by atomic mass is 15.1. The van der Waals surface area contributed by atoms with Crippen LogP contribution in [0.25, 0.3) is 89.7 Å². The summed E-state index contributed by atoms with van der Waals surface area (Å²) in [6, 6.07) is 29.7. The normalized spacial score (nSPS) is 12.0. The summed E-state index contributed by atoms with van der Waals surface area (Å²) in [4.78, 5) is 36.7. The molecular formula is C32H19N9. The maximum atomic E-state index is 6.20. The number of nitrogens with one attached hydrogen (secondary N) is 2. The third-order valence-corrected chi connectivity index (χ3v) is 7.58. The fraction of sp³-hybridized carbons (Fsp3) is 0. The lowest BCUT2D eigenvalue weighted by Gasteiger charge is -1.99. The number of fused-ring (bicyclic) bond motifs is 20. The highest BCUT2D eigenvalue weighted by Gasteiger charge is 2.22. The molecule has 9 heteroatoms. The van der Waals surface area contributed by atoms with Crippen molar-refractivity contribution in [3.8, 4) is 45.6 Å². The van der Waals surface area contributed by atoms with Crippen molar-refractivity contribution in [3.63, 3.8) is 0 Å². The second-order valence-electron chi connectivity index (χ2n) is 10.1. The zero-order chi connectivity index (χ0) is 27.1. The number of aromatic nitrogens is 8. The number of hydrogen-bond acceptors (Lipinski definition) is 7. The van der Waals surface area contributed by atoms with Gasteiger partial charge in [0.2, 0.25) is 0 Å². The molecule has 3 aromatic heterocycles. The average molecular weight is 530 g/mol. The average Bonchev–Trinajstić information content (AvgIpc) is 3.72. The topological polar surface area (TPSA) is 135 Å². The second kappa shape index (κ2) is 8.03. The molecule has 41 heavy (non-hydrogen) atoms. The zero-order valence-corrected chi connectivity index (χ0v) is 21.4. The third kappa shape index (κ3) is 3.23. The molecule has 0 amide bonds. The molecule has 9 nitrogen and oxygen atoms in total. The van der Waals surface area contributed by atoms with E-state index in [2.05, 4.69) is 9.97 Å². The summed E-state index contributed by atoms with van der Waals surface area (Å²) in [7, 11) is 0. The Morgan fingerprint density at radius 3 is 1.20 bits per heavy atom. The summed E-state index contributed by atoms with van der Waals surface area (Å²) in [6.07, 6.45) is 0. The van der Waals surface area contributed by atoms with Crippen LogP contribution in [0.1, 0.15) is 0 Å². The Bertz CT molecular complexity index is 2400. The number of nitrogens with zero attached hydrogens (tertiary/aromatic N) is 6. The second-order valence-corrected chi connectivity index (χ2v) is 10.1. The predicted octanol–water partition coefficient (Wildman–Crippen LogP) is 6.45. The van der Waals surface area contributed by atoms with Gasteiger partial charge in [0.25, 0.3) is 0 Å². The van der Waals surface area contributed by atoms with Crippen LogP contribution in [0.5, 0.6) is 0 Å². The number of hydrogen-bond donors (Lipinski definition) is 3. The molecular weight excluding hydrogens is 510 g/mol. The monoisotopic (exact) mass is 529 g/mol. The SMILES string of the molecule is Nc1ccc2c(c1)-c1nc-2nc2[nH]c(nc3nc(nc4[nH]c(n1)c1ccccc41)-c1ccccc1-3)c1ccccc21. The number of rotatable bonds is 0. The van der Waals surface area contributed by atoms with Gasteiger partial charge in [-0.1, -0.05) is 72.8 Å². The van der Waals surface area contributed by atoms with Crippen molar-refractivity contribution in [3.05, 3.63) is 91.0 Å². The van der Waals surface area contributed by atoms with E-state index in [1.54, 1.807) is 0 Å². The van der Waals surface area contributed by atoms with Gasteiger partial charge in [0, 0.05) is 49.5 Å². The van der Waals surface area contributed by atoms with Crippen molar-refractivity contribution >= 4 is 49.8 Å². The van der Waals surface area contributed by atoms with E-state index >= 15 is 0 Å². The van der Waals surface area contributed by atoms with Gasteiger partial charge in [-0.3, -0.25) is 0 Å². The standard InChI is InChI=1S/C32H19N9/c33-16-13-14-23-24(15-16)32-40-30-22-12-6-5-11-21(22)28(38-30)36-26-18-8-2-1-7-17(18)25(34-26)35-27-19-9-3-4-10-20(19)29(37-27)39-31(23)41-32/h1-15H,33H2,(H2,34,35,36,37,38,39,40,41). The Labute approximate surface area is 231 Å². The molecule has 0 saturated heterocycles. The first-order valence-corrected chi connectivity index (χ1v) is 13.2. The minimum Gasteiger partial charge on any atom is -0.399 e. The lowest BCUT2D eigenvalue weighted by atomic mass is 10.1. The van der Waals surface area contributed by atoms with Crippen LogP contribution >= 0.6 is 0 Å². The van der Waals surface area contributed by atoms with Crippen LogP contribution < -0.4 is 5.73 Å². The summed E-state index contributed by atoms with van der Waals surface area (Å²) < 4.78 is 0. The minimum absolute atomic E-state index is 0.525. The van der Waals surface area contributed by atoms with E-state index in [4.69, 9.17) is 35.6 Å². The molecule has 0 atom stereocenters. The summed E-state index contributed by atoms with van der Waals surface area (Å²) in [5, 5.41) is 3.72. The molecule has 0 spiro atoms. The quantitative estimate of drug-likeness (QED) is 0.192. The van der Waals surface area contributed by atoms with E-state index < -0.39 is 0 Å². The van der Waals surface area contributed by atoms with Crippen LogP contribution in [0, 0.1) is 0 Å². The van der Waals surface area contributed by atoms with E-state index in [9.17, 15) is 0 Å². The zero-order valence-electron chi connectivity index (χ0n) is 21.4. The van der Waals surface area contributed by atoms with Crippen LogP contribution in [0.4, 0.5) is 5.69 Å². The lowest BCUT2D eigenvalue weighted by molar-refractivity contribution is 1.19. The molecule has 2 aliphatic heterocycles. The van der Waals surface area contributed by atoms with Gasteiger partial charge in [-0.05, 0) is 18.2 Å². The van der Waals surface area contributed by atoms with Gasteiger partial charge in [0.15, 0.2) is 23.3 Å². The molecule has 4 N–H and O–H groups in total. The highest BCUT2D eigenvalue weighted by molar-refractivity contribution is 6.06. The highest BCUT2D eigenvalue weighted by Crippen LogP contribution is 2.37. The third-order valence-electron chi connectivity index (χ3n) is 7.58. The first kappa shape index (κ1) is 21.9. The molecule has 0 aliphatic carbocycles. The van der Waals surface area contributed by atoms with Crippen molar-refractivity contribution in [2.24, 2.45) is 0 Å². The molecule has 0 unspecified atom stereocenters. The first-order valence-electron chi connectivity index (χ1n) is 13.2. The molecule has 0 saturated carbocycles. The Morgan fingerprint density at radius 2 is 0.756 bits per heavy atom. The van der Waals surface area contributed by atoms with Crippen molar-refractivity contribution in [1.82, 2.24) is 39.9 Å². The van der Waals surface area contributed by atoms with Gasteiger partial charge in [-0.25, -0.2) is 29.9 Å². The number of anilines is 1. The Balaban J connectivity index is 1.51. The van der Waals surface area contributed by atoms with Gasteiger partial charge in [0.1, 0.15) is 22.6 Å². The molecule has 7 aromatic rings. The van der Waals surface area contributed by atoms with Gasteiger partial charge >= 0.3 is 0 Å². The smallest absolute Gasteiger partial charge is 0.164 e. The van der Waals surface area contributed by atoms with E-state index in [-0.39, 0.29) is 0 Å². The minimum atomic E-state index is 0.525. The fourth-order valence-electron chi connectivity index (χ4n) is 5.66. The molecule has 5 heterocycles. The summed E-state index contributed by atoms with van der Waals surface area (Å²) in [5.41, 5.74) is 13.0. The molecule has 2 aliphatic rings. The van der Waals surface area contributed by atoms with Gasteiger partial charge in [-0.2, -0.15) is 0 Å². The Morgan fingerprint density at radius 1 is 0.390 bits per heavy atom. The molecule has 9 rings (SSSR count). The van der Waals surface area contributed by atoms with Gasteiger partial charge in [0.05, 0.1) is 0 Å². The van der Waals surface area contributed by atoms with E-state index in [0.717, 1.165) is 43.8 Å². The Hall–Kier alpha value is -5.96. The van der Waals surface area contributed by atoms with E-state index in [0.29, 0.717) is 51.6 Å². The summed E-state index contributed by atoms with van der Waals surface area (Å²) >= 11 is 0. The number of nitrogen functional groups attached to an aromatic ring is 1. The Kier molecular flexibility index (Phi) is 4.29. The van der Waals surface area contributed by atoms with Crippen molar-refractivity contribution < 1.29 is 0 Å². The van der Waals surface area contributed by atoms with Crippen LogP contribution in [-0.2, 0) is 0 Å². The van der Waals surface area contributed by atoms with Crippen LogP contribution in [0.3, 0.4) is 0 Å². The maximum Gasteiger partial charge on any atom is 0.164 e.